The van der Waals surface area contributed by atoms with E-state index < -0.39 is 28.0 Å². The quantitative estimate of drug-likeness (QED) is 0.283. The Kier molecular flexibility index (Phi) is 8.60. The van der Waals surface area contributed by atoms with Crippen molar-refractivity contribution in [2.24, 2.45) is 0 Å². The molecule has 38 heavy (non-hydrogen) atoms. The highest BCUT2D eigenvalue weighted by molar-refractivity contribution is 7.89. The fraction of sp³-hybridized carbons (Fsp3) is 0.308. The van der Waals surface area contributed by atoms with Crippen LogP contribution in [0, 0.1) is 0 Å². The zero-order valence-electron chi connectivity index (χ0n) is 20.6. The monoisotopic (exact) mass is 558 g/mol. The largest absolute Gasteiger partial charge is 0.466 e. The zero-order chi connectivity index (χ0) is 27.3. The summed E-state index contributed by atoms with van der Waals surface area (Å²) in [6.07, 6.45) is 3.43. The third-order valence-corrected chi connectivity index (χ3v) is 8.13. The molecule has 0 bridgehead atoms. The fourth-order valence-corrected chi connectivity index (χ4v) is 5.84. The summed E-state index contributed by atoms with van der Waals surface area (Å²) < 4.78 is 33.4. The van der Waals surface area contributed by atoms with Crippen LogP contribution in [0.5, 0.6) is 0 Å². The van der Waals surface area contributed by atoms with Crippen LogP contribution in [0.4, 0.5) is 0 Å². The van der Waals surface area contributed by atoms with E-state index in [1.54, 1.807) is 55.7 Å². The van der Waals surface area contributed by atoms with Gasteiger partial charge in [0.15, 0.2) is 0 Å². The second kappa shape index (κ2) is 11.9. The highest BCUT2D eigenvalue weighted by Gasteiger charge is 2.40. The highest BCUT2D eigenvalue weighted by atomic mass is 35.5. The van der Waals surface area contributed by atoms with Crippen LogP contribution in [0.2, 0.25) is 5.02 Å². The van der Waals surface area contributed by atoms with E-state index in [9.17, 15) is 22.8 Å². The molecule has 2 amide bonds. The number of fused-ring (bicyclic) bond motifs is 1. The predicted octanol–water partition coefficient (Wildman–Crippen LogP) is 2.36. The van der Waals surface area contributed by atoms with Crippen LogP contribution in [0.3, 0.4) is 0 Å². The summed E-state index contributed by atoms with van der Waals surface area (Å²) in [6.45, 7) is 2.49. The molecular weight excluding hydrogens is 532 g/mol. The van der Waals surface area contributed by atoms with Crippen molar-refractivity contribution in [2.75, 3.05) is 19.7 Å². The molecule has 2 atom stereocenters. The predicted molar refractivity (Wildman–Crippen MR) is 141 cm³/mol. The molecule has 0 saturated carbocycles. The number of hydrogen-bond donors (Lipinski definition) is 1. The first kappa shape index (κ1) is 27.5. The van der Waals surface area contributed by atoms with Gasteiger partial charge in [0.05, 0.1) is 11.4 Å². The van der Waals surface area contributed by atoms with Gasteiger partial charge in [-0.25, -0.2) is 8.42 Å². The molecule has 10 nitrogen and oxygen atoms in total. The molecular formula is C26H27ClN4O6S. The molecule has 0 aliphatic carbocycles. The summed E-state index contributed by atoms with van der Waals surface area (Å²) in [4.78, 5) is 44.0. The van der Waals surface area contributed by atoms with Gasteiger partial charge in [0.25, 0.3) is 6.47 Å². The lowest BCUT2D eigenvalue weighted by Gasteiger charge is -2.30. The summed E-state index contributed by atoms with van der Waals surface area (Å²) >= 11 is 6.01. The number of carbonyl (C=O) groups is 3. The van der Waals surface area contributed by atoms with E-state index in [0.29, 0.717) is 16.9 Å². The standard InChI is InChI=1S/C26H27ClN4O6S/c1-18(25(33)30(12-13-37-17-32)16-19-6-9-28-10-7-19)31-11-8-24(26(31)34)29-38(35,36)23-5-3-20-14-22(27)4-2-21(20)15-23/h2-7,9-10,14-15,17-18,24,29H,8,11-13,16H2,1H3/t18-,24-/m0/s1. The minimum absolute atomic E-state index is 0.00137. The van der Waals surface area contributed by atoms with E-state index in [-0.39, 0.29) is 43.5 Å². The van der Waals surface area contributed by atoms with Gasteiger partial charge in [-0.15, -0.1) is 0 Å². The first-order chi connectivity index (χ1) is 18.2. The van der Waals surface area contributed by atoms with Gasteiger partial charge >= 0.3 is 0 Å². The average Bonchev–Trinajstić information content (AvgIpc) is 3.26. The maximum atomic E-state index is 13.4. The molecule has 1 fully saturated rings. The lowest BCUT2D eigenvalue weighted by Crippen LogP contribution is -2.50. The van der Waals surface area contributed by atoms with Gasteiger partial charge in [-0.1, -0.05) is 23.7 Å². The maximum absolute atomic E-state index is 13.4. The molecule has 1 aliphatic heterocycles. The molecule has 12 heteroatoms. The molecule has 200 valence electrons. The molecule has 1 aliphatic rings. The Morgan fingerprint density at radius 1 is 1.21 bits per heavy atom. The van der Waals surface area contributed by atoms with E-state index in [2.05, 4.69) is 9.71 Å². The molecule has 2 heterocycles. The zero-order valence-corrected chi connectivity index (χ0v) is 22.2. The van der Waals surface area contributed by atoms with Gasteiger partial charge in [0, 0.05) is 30.5 Å². The van der Waals surface area contributed by atoms with Crippen LogP contribution in [-0.4, -0.2) is 73.3 Å². The van der Waals surface area contributed by atoms with Crippen molar-refractivity contribution in [1.82, 2.24) is 19.5 Å². The number of ether oxygens (including phenoxy) is 1. The molecule has 1 aromatic heterocycles. The van der Waals surface area contributed by atoms with Gasteiger partial charge in [0.1, 0.15) is 18.7 Å². The normalized spacial score (nSPS) is 16.4. The first-order valence-corrected chi connectivity index (χ1v) is 13.8. The number of sulfonamides is 1. The van der Waals surface area contributed by atoms with Gasteiger partial charge in [-0.2, -0.15) is 4.72 Å². The lowest BCUT2D eigenvalue weighted by molar-refractivity contribution is -0.144. The van der Waals surface area contributed by atoms with Crippen molar-refractivity contribution in [1.29, 1.82) is 0 Å². The van der Waals surface area contributed by atoms with Crippen molar-refractivity contribution >= 4 is 50.7 Å². The molecule has 0 radical (unpaired) electrons. The molecule has 1 saturated heterocycles. The van der Waals surface area contributed by atoms with E-state index >= 15 is 0 Å². The van der Waals surface area contributed by atoms with E-state index in [0.717, 1.165) is 10.9 Å². The van der Waals surface area contributed by atoms with Gasteiger partial charge in [-0.05, 0) is 66.1 Å². The second-order valence-corrected chi connectivity index (χ2v) is 11.1. The number of carbonyl (C=O) groups excluding carboxylic acids is 3. The number of nitrogens with one attached hydrogen (secondary N) is 1. The highest BCUT2D eigenvalue weighted by Crippen LogP contribution is 2.24. The SMILES string of the molecule is C[C@@H](C(=O)N(CCOC=O)Cc1ccncc1)N1CC[C@H](NS(=O)(=O)c2ccc3cc(Cl)ccc3c2)C1=O. The van der Waals surface area contributed by atoms with Crippen LogP contribution in [0.1, 0.15) is 18.9 Å². The summed E-state index contributed by atoms with van der Waals surface area (Å²) in [7, 11) is -4.00. The number of aromatic nitrogens is 1. The second-order valence-electron chi connectivity index (χ2n) is 8.91. The molecule has 4 rings (SSSR count). The summed E-state index contributed by atoms with van der Waals surface area (Å²) in [5.41, 5.74) is 0.822. The van der Waals surface area contributed by atoms with Gasteiger partial charge < -0.3 is 14.5 Å². The Hall–Kier alpha value is -3.54. The summed E-state index contributed by atoms with van der Waals surface area (Å²) in [5, 5.41) is 2.03. The molecule has 0 spiro atoms. The Balaban J connectivity index is 1.45. The topological polar surface area (TPSA) is 126 Å². The lowest BCUT2D eigenvalue weighted by atomic mass is 10.1. The first-order valence-electron chi connectivity index (χ1n) is 11.9. The Morgan fingerprint density at radius 3 is 2.66 bits per heavy atom. The third-order valence-electron chi connectivity index (χ3n) is 6.43. The van der Waals surface area contributed by atoms with Crippen LogP contribution in [-0.2, 0) is 35.7 Å². The van der Waals surface area contributed by atoms with Crippen molar-refractivity contribution in [2.45, 2.75) is 36.9 Å². The summed E-state index contributed by atoms with van der Waals surface area (Å²) in [5.74, 6) is -0.823. The average molecular weight is 559 g/mol. The van der Waals surface area contributed by atoms with E-state index in [4.69, 9.17) is 16.3 Å². The number of halogens is 1. The maximum Gasteiger partial charge on any atom is 0.293 e. The van der Waals surface area contributed by atoms with E-state index in [1.807, 2.05) is 0 Å². The van der Waals surface area contributed by atoms with Crippen molar-refractivity contribution in [3.8, 4) is 0 Å². The minimum Gasteiger partial charge on any atom is -0.466 e. The van der Waals surface area contributed by atoms with Crippen LogP contribution in [0.15, 0.2) is 65.8 Å². The van der Waals surface area contributed by atoms with Crippen molar-refractivity contribution in [3.63, 3.8) is 0 Å². The number of hydrogen-bond acceptors (Lipinski definition) is 7. The van der Waals surface area contributed by atoms with Crippen molar-refractivity contribution in [3.05, 3.63) is 71.5 Å². The fourth-order valence-electron chi connectivity index (χ4n) is 4.40. The van der Waals surface area contributed by atoms with Crippen molar-refractivity contribution < 1.29 is 27.5 Å². The van der Waals surface area contributed by atoms with E-state index in [1.165, 1.54) is 21.9 Å². The number of amides is 2. The third kappa shape index (κ3) is 6.29. The molecule has 2 aromatic carbocycles. The molecule has 1 N–H and O–H groups in total. The number of pyridine rings is 1. The van der Waals surface area contributed by atoms with Gasteiger partial charge in [0.2, 0.25) is 21.8 Å². The van der Waals surface area contributed by atoms with Crippen LogP contribution in [0.25, 0.3) is 10.8 Å². The Bertz CT molecular complexity index is 1440. The smallest absolute Gasteiger partial charge is 0.293 e. The summed E-state index contributed by atoms with van der Waals surface area (Å²) in [6, 6.07) is 11.5. The Labute approximate surface area is 225 Å². The Morgan fingerprint density at radius 2 is 1.92 bits per heavy atom. The number of benzene rings is 2. The number of likely N-dealkylation sites (tertiary alicyclic amines) is 1. The molecule has 0 unspecified atom stereocenters. The van der Waals surface area contributed by atoms with Crippen LogP contribution < -0.4 is 4.72 Å². The number of nitrogens with zero attached hydrogens (tertiary/aromatic N) is 3. The minimum atomic E-state index is -4.00. The van der Waals surface area contributed by atoms with Crippen LogP contribution >= 0.6 is 11.6 Å². The van der Waals surface area contributed by atoms with Gasteiger partial charge in [-0.3, -0.25) is 19.4 Å². The number of rotatable bonds is 11. The molecule has 3 aromatic rings.